The molecule has 0 saturated heterocycles. The van der Waals surface area contributed by atoms with E-state index in [0.29, 0.717) is 6.04 Å². The van der Waals surface area contributed by atoms with E-state index in [1.54, 1.807) is 17.7 Å². The van der Waals surface area contributed by atoms with E-state index in [9.17, 15) is 0 Å². The molecular weight excluding hydrogens is 256 g/mol. The molecule has 1 fully saturated rings. The molecule has 0 radical (unpaired) electrons. The Morgan fingerprint density at radius 1 is 1.37 bits per heavy atom. The summed E-state index contributed by atoms with van der Waals surface area (Å²) >= 11 is 1.75. The van der Waals surface area contributed by atoms with Gasteiger partial charge in [0.2, 0.25) is 0 Å². The standard InChI is InChI=1S/C14H20N4S/c1-2-9-7-10-13(16-8-17-14(10)19-9)18-12-6-4-3-5-11(12)15/h7-8,11-12H,2-6,15H2,1H3,(H,16,17,18). The Labute approximate surface area is 117 Å². The first-order chi connectivity index (χ1) is 9.28. The van der Waals surface area contributed by atoms with Gasteiger partial charge in [0.25, 0.3) is 0 Å². The lowest BCUT2D eigenvalue weighted by atomic mass is 9.91. The van der Waals surface area contributed by atoms with Crippen molar-refractivity contribution in [2.45, 2.75) is 51.1 Å². The SMILES string of the molecule is CCc1cc2c(NC3CCCCC3N)ncnc2s1. The van der Waals surface area contributed by atoms with Crippen molar-refractivity contribution in [1.29, 1.82) is 0 Å². The number of rotatable bonds is 3. The molecule has 4 nitrogen and oxygen atoms in total. The lowest BCUT2D eigenvalue weighted by Crippen LogP contribution is -2.42. The number of nitrogens with zero attached hydrogens (tertiary/aromatic N) is 2. The number of aromatic nitrogens is 2. The Kier molecular flexibility index (Phi) is 3.66. The van der Waals surface area contributed by atoms with Gasteiger partial charge < -0.3 is 11.1 Å². The van der Waals surface area contributed by atoms with E-state index in [2.05, 4.69) is 28.3 Å². The van der Waals surface area contributed by atoms with Crippen LogP contribution in [0.5, 0.6) is 0 Å². The van der Waals surface area contributed by atoms with Crippen LogP contribution in [0.1, 0.15) is 37.5 Å². The highest BCUT2D eigenvalue weighted by molar-refractivity contribution is 7.18. The first kappa shape index (κ1) is 12.8. The molecule has 0 amide bonds. The molecule has 19 heavy (non-hydrogen) atoms. The van der Waals surface area contributed by atoms with Crippen LogP contribution in [-0.2, 0) is 6.42 Å². The van der Waals surface area contributed by atoms with Crippen LogP contribution < -0.4 is 11.1 Å². The molecule has 0 spiro atoms. The highest BCUT2D eigenvalue weighted by Gasteiger charge is 2.22. The minimum atomic E-state index is 0.239. The maximum Gasteiger partial charge on any atom is 0.138 e. The van der Waals surface area contributed by atoms with Gasteiger partial charge in [-0.05, 0) is 25.3 Å². The van der Waals surface area contributed by atoms with Crippen molar-refractivity contribution in [2.24, 2.45) is 5.73 Å². The van der Waals surface area contributed by atoms with Gasteiger partial charge in [-0.3, -0.25) is 0 Å². The van der Waals surface area contributed by atoms with Gasteiger partial charge in [0.1, 0.15) is 17.0 Å². The molecule has 2 aromatic heterocycles. The highest BCUT2D eigenvalue weighted by Crippen LogP contribution is 2.30. The number of hydrogen-bond acceptors (Lipinski definition) is 5. The molecule has 1 aliphatic carbocycles. The normalized spacial score (nSPS) is 23.7. The van der Waals surface area contributed by atoms with E-state index in [1.165, 1.54) is 17.7 Å². The predicted octanol–water partition coefficient (Wildman–Crippen LogP) is 2.94. The van der Waals surface area contributed by atoms with Crippen molar-refractivity contribution in [3.05, 3.63) is 17.3 Å². The highest BCUT2D eigenvalue weighted by atomic mass is 32.1. The van der Waals surface area contributed by atoms with Crippen LogP contribution in [0.3, 0.4) is 0 Å². The molecule has 3 N–H and O–H groups in total. The number of nitrogens with two attached hydrogens (primary N) is 1. The Balaban J connectivity index is 1.89. The second-order valence-corrected chi connectivity index (χ2v) is 6.32. The van der Waals surface area contributed by atoms with Crippen LogP contribution in [0.2, 0.25) is 0 Å². The summed E-state index contributed by atoms with van der Waals surface area (Å²) in [5.74, 6) is 0.948. The van der Waals surface area contributed by atoms with E-state index in [-0.39, 0.29) is 6.04 Å². The van der Waals surface area contributed by atoms with Gasteiger partial charge in [-0.1, -0.05) is 19.8 Å². The Bertz CT molecular complexity index is 566. The van der Waals surface area contributed by atoms with E-state index < -0.39 is 0 Å². The number of aryl methyl sites for hydroxylation is 1. The summed E-state index contributed by atoms with van der Waals surface area (Å²) in [4.78, 5) is 11.2. The Morgan fingerprint density at radius 3 is 3.00 bits per heavy atom. The molecule has 1 aliphatic rings. The smallest absolute Gasteiger partial charge is 0.138 e. The van der Waals surface area contributed by atoms with E-state index in [1.807, 2.05) is 0 Å². The maximum absolute atomic E-state index is 6.20. The number of thiophene rings is 1. The van der Waals surface area contributed by atoms with Crippen molar-refractivity contribution in [1.82, 2.24) is 9.97 Å². The van der Waals surface area contributed by atoms with Crippen molar-refractivity contribution in [2.75, 3.05) is 5.32 Å². The summed E-state index contributed by atoms with van der Waals surface area (Å²) in [5.41, 5.74) is 6.20. The van der Waals surface area contributed by atoms with Gasteiger partial charge in [-0.25, -0.2) is 9.97 Å². The monoisotopic (exact) mass is 276 g/mol. The third kappa shape index (κ3) is 2.58. The van der Waals surface area contributed by atoms with Crippen molar-refractivity contribution in [3.8, 4) is 0 Å². The fourth-order valence-electron chi connectivity index (χ4n) is 2.71. The van der Waals surface area contributed by atoms with Gasteiger partial charge in [0, 0.05) is 17.0 Å². The molecular formula is C14H20N4S. The average Bonchev–Trinajstić information content (AvgIpc) is 2.85. The summed E-state index contributed by atoms with van der Waals surface area (Å²) in [5, 5.41) is 4.68. The molecule has 2 unspecified atom stereocenters. The van der Waals surface area contributed by atoms with Crippen LogP contribution in [0.4, 0.5) is 5.82 Å². The molecule has 0 aliphatic heterocycles. The van der Waals surface area contributed by atoms with Gasteiger partial charge in [0.05, 0.1) is 5.39 Å². The maximum atomic E-state index is 6.20. The van der Waals surface area contributed by atoms with Crippen molar-refractivity contribution < 1.29 is 0 Å². The molecule has 5 heteroatoms. The largest absolute Gasteiger partial charge is 0.365 e. The molecule has 2 heterocycles. The first-order valence-electron chi connectivity index (χ1n) is 7.03. The van der Waals surface area contributed by atoms with Gasteiger partial charge >= 0.3 is 0 Å². The summed E-state index contributed by atoms with van der Waals surface area (Å²) < 4.78 is 0. The van der Waals surface area contributed by atoms with E-state index >= 15 is 0 Å². The van der Waals surface area contributed by atoms with Crippen LogP contribution in [0, 0.1) is 0 Å². The minimum Gasteiger partial charge on any atom is -0.365 e. The zero-order valence-corrected chi connectivity index (χ0v) is 12.0. The number of nitrogens with one attached hydrogen (secondary N) is 1. The van der Waals surface area contributed by atoms with Crippen LogP contribution in [0.15, 0.2) is 12.4 Å². The summed E-state index contributed by atoms with van der Waals surface area (Å²) in [6.07, 6.45) is 7.44. The van der Waals surface area contributed by atoms with Crippen molar-refractivity contribution in [3.63, 3.8) is 0 Å². The molecule has 0 aromatic carbocycles. The minimum absolute atomic E-state index is 0.239. The van der Waals surface area contributed by atoms with Crippen LogP contribution >= 0.6 is 11.3 Å². The fraction of sp³-hybridized carbons (Fsp3) is 0.571. The molecule has 3 rings (SSSR count). The molecule has 2 atom stereocenters. The predicted molar refractivity (Wildman–Crippen MR) is 80.6 cm³/mol. The topological polar surface area (TPSA) is 63.8 Å². The molecule has 1 saturated carbocycles. The summed E-state index contributed by atoms with van der Waals surface area (Å²) in [6, 6.07) is 2.79. The lowest BCUT2D eigenvalue weighted by molar-refractivity contribution is 0.403. The average molecular weight is 276 g/mol. The van der Waals surface area contributed by atoms with Gasteiger partial charge in [-0.2, -0.15) is 0 Å². The van der Waals surface area contributed by atoms with Crippen LogP contribution in [0.25, 0.3) is 10.2 Å². The molecule has 102 valence electrons. The zero-order valence-electron chi connectivity index (χ0n) is 11.2. The van der Waals surface area contributed by atoms with Crippen LogP contribution in [-0.4, -0.2) is 22.1 Å². The third-order valence-electron chi connectivity index (χ3n) is 3.87. The molecule has 0 bridgehead atoms. The summed E-state index contributed by atoms with van der Waals surface area (Å²) in [7, 11) is 0. The van der Waals surface area contributed by atoms with Gasteiger partial charge in [-0.15, -0.1) is 11.3 Å². The molecule has 2 aromatic rings. The zero-order chi connectivity index (χ0) is 13.2. The number of hydrogen-bond donors (Lipinski definition) is 2. The lowest BCUT2D eigenvalue weighted by Gasteiger charge is -2.29. The second-order valence-electron chi connectivity index (χ2n) is 5.21. The van der Waals surface area contributed by atoms with E-state index in [4.69, 9.17) is 5.73 Å². The summed E-state index contributed by atoms with van der Waals surface area (Å²) in [6.45, 7) is 2.17. The number of anilines is 1. The number of fused-ring (bicyclic) bond motifs is 1. The second kappa shape index (κ2) is 5.43. The fourth-order valence-corrected chi connectivity index (χ4v) is 3.64. The quantitative estimate of drug-likeness (QED) is 0.904. The van der Waals surface area contributed by atoms with Gasteiger partial charge in [0.15, 0.2) is 0 Å². The first-order valence-corrected chi connectivity index (χ1v) is 7.85. The third-order valence-corrected chi connectivity index (χ3v) is 5.06. The Hall–Kier alpha value is -1.20. The van der Waals surface area contributed by atoms with E-state index in [0.717, 1.165) is 35.3 Å². The van der Waals surface area contributed by atoms with Crippen molar-refractivity contribution >= 4 is 27.4 Å². The Morgan fingerprint density at radius 2 is 2.21 bits per heavy atom.